The number of benzene rings is 1. The van der Waals surface area contributed by atoms with Crippen LogP contribution in [0.5, 0.6) is 0 Å². The predicted molar refractivity (Wildman–Crippen MR) is 66.7 cm³/mol. The van der Waals surface area contributed by atoms with Crippen LogP contribution in [0.1, 0.15) is 5.56 Å². The van der Waals surface area contributed by atoms with E-state index in [2.05, 4.69) is 4.90 Å². The Morgan fingerprint density at radius 3 is 2.47 bits per heavy atom. The first-order chi connectivity index (χ1) is 6.99. The van der Waals surface area contributed by atoms with E-state index in [0.29, 0.717) is 10.0 Å². The van der Waals surface area contributed by atoms with Gasteiger partial charge in [-0.25, -0.2) is 0 Å². The number of halogens is 2. The second-order valence-electron chi connectivity index (χ2n) is 3.97. The number of hydrogen-bond donors (Lipinski definition) is 1. The van der Waals surface area contributed by atoms with Gasteiger partial charge in [-0.1, -0.05) is 29.3 Å². The summed E-state index contributed by atoms with van der Waals surface area (Å²) in [6.45, 7) is 0.861. The van der Waals surface area contributed by atoms with Crippen molar-refractivity contribution in [1.82, 2.24) is 4.90 Å². The molecule has 0 aliphatic rings. The lowest BCUT2D eigenvalue weighted by molar-refractivity contribution is 0.371. The smallest absolute Gasteiger partial charge is 0.0595 e. The molecule has 2 N–H and O–H groups in total. The molecule has 0 spiro atoms. The molecule has 0 radical (unpaired) electrons. The Morgan fingerprint density at radius 2 is 1.93 bits per heavy atom. The molecule has 1 atom stereocenters. The van der Waals surface area contributed by atoms with Crippen LogP contribution in [0.3, 0.4) is 0 Å². The molecule has 4 heteroatoms. The summed E-state index contributed by atoms with van der Waals surface area (Å²) < 4.78 is 0. The monoisotopic (exact) mass is 246 g/mol. The lowest BCUT2D eigenvalue weighted by Gasteiger charge is -2.16. The third kappa shape index (κ3) is 4.39. The lowest BCUT2D eigenvalue weighted by Crippen LogP contribution is -2.34. The molecule has 0 aliphatic carbocycles. The summed E-state index contributed by atoms with van der Waals surface area (Å²) in [6, 6.07) is 5.77. The molecule has 1 aromatic carbocycles. The maximum atomic E-state index is 5.98. The average molecular weight is 247 g/mol. The topological polar surface area (TPSA) is 29.3 Å². The zero-order valence-electron chi connectivity index (χ0n) is 9.00. The number of nitrogens with two attached hydrogens (primary N) is 1. The highest BCUT2D eigenvalue weighted by atomic mass is 35.5. The van der Waals surface area contributed by atoms with Gasteiger partial charge in [-0.05, 0) is 38.2 Å². The van der Waals surface area contributed by atoms with E-state index in [1.54, 1.807) is 0 Å². The van der Waals surface area contributed by atoms with Gasteiger partial charge in [0.15, 0.2) is 0 Å². The summed E-state index contributed by atoms with van der Waals surface area (Å²) in [4.78, 5) is 2.07. The zero-order valence-corrected chi connectivity index (χ0v) is 10.5. The molecule has 15 heavy (non-hydrogen) atoms. The van der Waals surface area contributed by atoms with E-state index < -0.39 is 0 Å². The van der Waals surface area contributed by atoms with Crippen molar-refractivity contribution >= 4 is 23.2 Å². The Labute approximate surface area is 101 Å². The van der Waals surface area contributed by atoms with Crippen molar-refractivity contribution in [2.45, 2.75) is 12.5 Å². The van der Waals surface area contributed by atoms with Gasteiger partial charge in [-0.3, -0.25) is 0 Å². The predicted octanol–water partition coefficient (Wildman–Crippen LogP) is 2.42. The average Bonchev–Trinajstić information content (AvgIpc) is 2.10. The zero-order chi connectivity index (χ0) is 11.4. The second-order valence-corrected chi connectivity index (χ2v) is 4.79. The Balaban J connectivity index is 2.60. The van der Waals surface area contributed by atoms with Crippen LogP contribution in [-0.4, -0.2) is 31.6 Å². The van der Waals surface area contributed by atoms with Crippen LogP contribution in [-0.2, 0) is 6.42 Å². The molecule has 0 saturated heterocycles. The summed E-state index contributed by atoms with van der Waals surface area (Å²) in [5.41, 5.74) is 7.10. The Morgan fingerprint density at radius 1 is 1.27 bits per heavy atom. The molecule has 1 rings (SSSR count). The molecular weight excluding hydrogens is 231 g/mol. The van der Waals surface area contributed by atoms with E-state index in [-0.39, 0.29) is 6.04 Å². The Kier molecular flexibility index (Phi) is 4.87. The van der Waals surface area contributed by atoms with Crippen molar-refractivity contribution in [3.63, 3.8) is 0 Å². The highest BCUT2D eigenvalue weighted by Crippen LogP contribution is 2.22. The van der Waals surface area contributed by atoms with Crippen molar-refractivity contribution in [1.29, 1.82) is 0 Å². The van der Waals surface area contributed by atoms with Gasteiger partial charge in [0.25, 0.3) is 0 Å². The maximum Gasteiger partial charge on any atom is 0.0595 e. The van der Waals surface area contributed by atoms with Crippen LogP contribution in [0.25, 0.3) is 0 Å². The van der Waals surface area contributed by atoms with Gasteiger partial charge >= 0.3 is 0 Å². The summed E-state index contributed by atoms with van der Waals surface area (Å²) in [5.74, 6) is 0. The Bertz CT molecular complexity index is 326. The third-order valence-corrected chi connectivity index (χ3v) is 2.82. The van der Waals surface area contributed by atoms with Crippen LogP contribution in [0.15, 0.2) is 18.2 Å². The molecule has 2 nitrogen and oxygen atoms in total. The van der Waals surface area contributed by atoms with Crippen LogP contribution in [0.2, 0.25) is 10.0 Å². The van der Waals surface area contributed by atoms with Crippen molar-refractivity contribution in [2.24, 2.45) is 5.73 Å². The first-order valence-electron chi connectivity index (χ1n) is 4.83. The number of rotatable bonds is 4. The van der Waals surface area contributed by atoms with Crippen LogP contribution in [0, 0.1) is 0 Å². The van der Waals surface area contributed by atoms with Gasteiger partial charge in [-0.2, -0.15) is 0 Å². The first-order valence-corrected chi connectivity index (χ1v) is 5.59. The van der Waals surface area contributed by atoms with Crippen molar-refractivity contribution < 1.29 is 0 Å². The van der Waals surface area contributed by atoms with E-state index in [1.807, 2.05) is 32.3 Å². The highest BCUT2D eigenvalue weighted by molar-refractivity contribution is 6.42. The molecule has 0 aromatic heterocycles. The molecular formula is C11H16Cl2N2. The number of likely N-dealkylation sites (N-methyl/N-ethyl adjacent to an activating group) is 1. The van der Waals surface area contributed by atoms with Gasteiger partial charge in [0.05, 0.1) is 10.0 Å². The summed E-state index contributed by atoms with van der Waals surface area (Å²) in [5, 5.41) is 1.17. The van der Waals surface area contributed by atoms with Gasteiger partial charge < -0.3 is 10.6 Å². The number of nitrogens with zero attached hydrogens (tertiary/aromatic N) is 1. The molecule has 0 fully saturated rings. The van der Waals surface area contributed by atoms with E-state index >= 15 is 0 Å². The van der Waals surface area contributed by atoms with Crippen molar-refractivity contribution in [3.05, 3.63) is 33.8 Å². The number of hydrogen-bond acceptors (Lipinski definition) is 2. The van der Waals surface area contributed by atoms with Crippen molar-refractivity contribution in [3.8, 4) is 0 Å². The van der Waals surface area contributed by atoms with Crippen LogP contribution in [0.4, 0.5) is 0 Å². The summed E-state index contributed by atoms with van der Waals surface area (Å²) in [6.07, 6.45) is 0.815. The summed E-state index contributed by atoms with van der Waals surface area (Å²) in [7, 11) is 4.02. The van der Waals surface area contributed by atoms with E-state index in [1.165, 1.54) is 0 Å². The molecule has 84 valence electrons. The first kappa shape index (κ1) is 12.8. The lowest BCUT2D eigenvalue weighted by atomic mass is 10.1. The Hall–Kier alpha value is -0.280. The van der Waals surface area contributed by atoms with Gasteiger partial charge in [0, 0.05) is 12.6 Å². The highest BCUT2D eigenvalue weighted by Gasteiger charge is 2.06. The fourth-order valence-electron chi connectivity index (χ4n) is 1.50. The van der Waals surface area contributed by atoms with Gasteiger partial charge in [-0.15, -0.1) is 0 Å². The standard InChI is InChI=1S/C11H16Cl2N2/c1-15(2)7-9(14)5-8-3-4-10(12)11(13)6-8/h3-4,6,9H,5,7,14H2,1-2H3/t9-/m0/s1. The van der Waals surface area contributed by atoms with Crippen molar-refractivity contribution in [2.75, 3.05) is 20.6 Å². The fraction of sp³-hybridized carbons (Fsp3) is 0.455. The van der Waals surface area contributed by atoms with Gasteiger partial charge in [0.1, 0.15) is 0 Å². The molecule has 0 amide bonds. The summed E-state index contributed by atoms with van der Waals surface area (Å²) >= 11 is 11.7. The van der Waals surface area contributed by atoms with E-state index in [9.17, 15) is 0 Å². The molecule has 0 aliphatic heterocycles. The quantitative estimate of drug-likeness (QED) is 0.885. The second kappa shape index (κ2) is 5.71. The van der Waals surface area contributed by atoms with E-state index in [0.717, 1.165) is 18.5 Å². The minimum absolute atomic E-state index is 0.122. The SMILES string of the molecule is CN(C)C[C@@H](N)Cc1ccc(Cl)c(Cl)c1. The normalized spacial score (nSPS) is 13.2. The molecule has 1 aromatic rings. The fourth-order valence-corrected chi connectivity index (χ4v) is 1.82. The molecule has 0 bridgehead atoms. The minimum Gasteiger partial charge on any atom is -0.326 e. The molecule has 0 heterocycles. The molecule has 0 unspecified atom stereocenters. The van der Waals surface area contributed by atoms with Crippen LogP contribution < -0.4 is 5.73 Å². The van der Waals surface area contributed by atoms with Crippen LogP contribution >= 0.6 is 23.2 Å². The van der Waals surface area contributed by atoms with Gasteiger partial charge in [0.2, 0.25) is 0 Å². The van der Waals surface area contributed by atoms with E-state index in [4.69, 9.17) is 28.9 Å². The maximum absolute atomic E-state index is 5.98. The minimum atomic E-state index is 0.122. The third-order valence-electron chi connectivity index (χ3n) is 2.08. The molecule has 0 saturated carbocycles. The largest absolute Gasteiger partial charge is 0.326 e.